The number of hydrogen-bond donors (Lipinski definition) is 2. The first-order valence-electron chi connectivity index (χ1n) is 4.70. The molecule has 0 amide bonds. The maximum absolute atomic E-state index is 11.5. The zero-order valence-corrected chi connectivity index (χ0v) is 12.2. The Morgan fingerprint density at radius 3 is 1.84 bits per heavy atom. The van der Waals surface area contributed by atoms with E-state index in [1.807, 2.05) is 4.72 Å². The van der Waals surface area contributed by atoms with E-state index in [1.165, 1.54) is 12.1 Å². The van der Waals surface area contributed by atoms with E-state index in [2.05, 4.69) is 0 Å². The number of sulfone groups is 1. The first-order valence-corrected chi connectivity index (χ1v) is 9.96. The van der Waals surface area contributed by atoms with Crippen LogP contribution >= 0.6 is 0 Å². The molecule has 1 aromatic carbocycles. The molecule has 0 saturated heterocycles. The predicted octanol–water partition coefficient (Wildman–Crippen LogP) is -0.922. The minimum Gasteiger partial charge on any atom is -0.283 e. The minimum absolute atomic E-state index is 0.0380. The Labute approximate surface area is 111 Å². The number of nitrogens with two attached hydrogens (primary N) is 1. The summed E-state index contributed by atoms with van der Waals surface area (Å²) in [5.74, 6) is 0. The van der Waals surface area contributed by atoms with Crippen molar-refractivity contribution >= 4 is 35.6 Å². The molecular weight excluding hydrogens is 316 g/mol. The van der Waals surface area contributed by atoms with Gasteiger partial charge in [0.05, 0.1) is 4.90 Å². The van der Waals surface area contributed by atoms with Crippen molar-refractivity contribution in [1.82, 2.24) is 0 Å². The SMILES string of the molecule is CS(=O)(=O)CS(=O)(=O)Nc1ccc(S(N)(=O)=O)cc1. The molecule has 1 aromatic rings. The van der Waals surface area contributed by atoms with E-state index in [0.717, 1.165) is 18.4 Å². The van der Waals surface area contributed by atoms with Crippen molar-refractivity contribution in [1.29, 1.82) is 0 Å². The highest BCUT2D eigenvalue weighted by atomic mass is 32.3. The van der Waals surface area contributed by atoms with Gasteiger partial charge in [-0.15, -0.1) is 0 Å². The van der Waals surface area contributed by atoms with E-state index in [4.69, 9.17) is 5.14 Å². The van der Waals surface area contributed by atoms with Gasteiger partial charge in [-0.2, -0.15) is 0 Å². The van der Waals surface area contributed by atoms with Crippen molar-refractivity contribution in [3.8, 4) is 0 Å². The zero-order valence-electron chi connectivity index (χ0n) is 9.77. The Bertz CT molecular complexity index is 762. The van der Waals surface area contributed by atoms with Gasteiger partial charge in [0.1, 0.15) is 0 Å². The maximum Gasteiger partial charge on any atom is 0.247 e. The van der Waals surface area contributed by atoms with E-state index in [9.17, 15) is 25.3 Å². The molecular formula is C8H12N2O6S3. The minimum atomic E-state index is -4.06. The van der Waals surface area contributed by atoms with Crippen LogP contribution in [0.15, 0.2) is 29.2 Å². The maximum atomic E-state index is 11.5. The highest BCUT2D eigenvalue weighted by Crippen LogP contribution is 2.14. The van der Waals surface area contributed by atoms with Crippen molar-refractivity contribution in [2.45, 2.75) is 4.90 Å². The molecule has 0 bridgehead atoms. The van der Waals surface area contributed by atoms with Crippen LogP contribution in [0.25, 0.3) is 0 Å². The van der Waals surface area contributed by atoms with Crippen molar-refractivity contribution in [2.24, 2.45) is 5.14 Å². The van der Waals surface area contributed by atoms with Crippen molar-refractivity contribution in [2.75, 3.05) is 16.1 Å². The van der Waals surface area contributed by atoms with E-state index in [1.54, 1.807) is 0 Å². The van der Waals surface area contributed by atoms with Crippen LogP contribution in [0.4, 0.5) is 5.69 Å². The molecule has 0 heterocycles. The second-order valence-electron chi connectivity index (χ2n) is 3.83. The lowest BCUT2D eigenvalue weighted by molar-refractivity contribution is 0.593. The van der Waals surface area contributed by atoms with Gasteiger partial charge < -0.3 is 0 Å². The number of benzene rings is 1. The van der Waals surface area contributed by atoms with Crippen molar-refractivity contribution < 1.29 is 25.3 Å². The molecule has 19 heavy (non-hydrogen) atoms. The Balaban J connectivity index is 2.96. The van der Waals surface area contributed by atoms with E-state index >= 15 is 0 Å². The second kappa shape index (κ2) is 5.07. The van der Waals surface area contributed by atoms with Gasteiger partial charge >= 0.3 is 0 Å². The highest BCUT2D eigenvalue weighted by Gasteiger charge is 2.18. The van der Waals surface area contributed by atoms with Gasteiger partial charge in [-0.1, -0.05) is 0 Å². The summed E-state index contributed by atoms with van der Waals surface area (Å²) in [7, 11) is -11.6. The third kappa shape index (κ3) is 5.55. The van der Waals surface area contributed by atoms with Crippen LogP contribution in [0, 0.1) is 0 Å². The number of primary sulfonamides is 1. The molecule has 0 atom stereocenters. The van der Waals surface area contributed by atoms with Crippen LogP contribution in [0.1, 0.15) is 0 Å². The van der Waals surface area contributed by atoms with E-state index < -0.39 is 35.0 Å². The molecule has 0 spiro atoms. The average Bonchev–Trinajstić information content (AvgIpc) is 2.11. The predicted molar refractivity (Wildman–Crippen MR) is 70.1 cm³/mol. The normalized spacial score (nSPS) is 13.2. The van der Waals surface area contributed by atoms with Gasteiger partial charge in [0.15, 0.2) is 14.9 Å². The summed E-state index contributed by atoms with van der Waals surface area (Å²) in [6, 6.07) is 4.54. The molecule has 0 unspecified atom stereocenters. The topological polar surface area (TPSA) is 140 Å². The van der Waals surface area contributed by atoms with Crippen LogP contribution in [0.3, 0.4) is 0 Å². The van der Waals surface area contributed by atoms with Crippen LogP contribution in [0.2, 0.25) is 0 Å². The smallest absolute Gasteiger partial charge is 0.247 e. The molecule has 3 N–H and O–H groups in total. The molecule has 0 aromatic heterocycles. The fraction of sp³-hybridized carbons (Fsp3) is 0.250. The fourth-order valence-electron chi connectivity index (χ4n) is 1.20. The summed E-state index contributed by atoms with van der Waals surface area (Å²) in [6.45, 7) is 0. The molecule has 0 aliphatic rings. The van der Waals surface area contributed by atoms with Gasteiger partial charge in [0, 0.05) is 11.9 Å². The first-order chi connectivity index (χ1) is 8.39. The van der Waals surface area contributed by atoms with Gasteiger partial charge in [-0.3, -0.25) is 4.72 Å². The number of anilines is 1. The van der Waals surface area contributed by atoms with E-state index in [0.29, 0.717) is 0 Å². The Morgan fingerprint density at radius 2 is 1.47 bits per heavy atom. The van der Waals surface area contributed by atoms with Crippen molar-refractivity contribution in [3.05, 3.63) is 24.3 Å². The summed E-state index contributed by atoms with van der Waals surface area (Å²) in [6.07, 6.45) is 0.788. The number of rotatable bonds is 5. The lowest BCUT2D eigenvalue weighted by atomic mass is 10.3. The quantitative estimate of drug-likeness (QED) is 0.716. The van der Waals surface area contributed by atoms with Crippen LogP contribution in [-0.2, 0) is 29.9 Å². The third-order valence-corrected chi connectivity index (χ3v) is 6.26. The second-order valence-corrected chi connectivity index (χ2v) is 9.62. The largest absolute Gasteiger partial charge is 0.283 e. The van der Waals surface area contributed by atoms with E-state index in [-0.39, 0.29) is 10.6 Å². The van der Waals surface area contributed by atoms with Gasteiger partial charge in [0.25, 0.3) is 0 Å². The van der Waals surface area contributed by atoms with Crippen LogP contribution in [0.5, 0.6) is 0 Å². The van der Waals surface area contributed by atoms with Gasteiger partial charge in [-0.05, 0) is 24.3 Å². The molecule has 1 rings (SSSR count). The highest BCUT2D eigenvalue weighted by molar-refractivity contribution is 8.08. The molecule has 0 saturated carbocycles. The third-order valence-electron chi connectivity index (χ3n) is 1.83. The van der Waals surface area contributed by atoms with Gasteiger partial charge in [0.2, 0.25) is 20.0 Å². The van der Waals surface area contributed by atoms with Gasteiger partial charge in [-0.25, -0.2) is 30.4 Å². The monoisotopic (exact) mass is 328 g/mol. The first kappa shape index (κ1) is 15.9. The molecule has 0 fully saturated rings. The summed E-state index contributed by atoms with van der Waals surface area (Å²) >= 11 is 0. The van der Waals surface area contributed by atoms with Crippen LogP contribution < -0.4 is 9.86 Å². The Kier molecular flexibility index (Phi) is 4.24. The fourth-order valence-corrected chi connectivity index (χ4v) is 4.70. The molecule has 11 heteroatoms. The number of nitrogens with one attached hydrogen (secondary N) is 1. The molecule has 0 aliphatic carbocycles. The summed E-state index contributed by atoms with van der Waals surface area (Å²) in [5.41, 5.74) is 0.0380. The Morgan fingerprint density at radius 1 is 1.00 bits per heavy atom. The van der Waals surface area contributed by atoms with Crippen LogP contribution in [-0.4, -0.2) is 36.6 Å². The molecule has 8 nitrogen and oxygen atoms in total. The summed E-state index contributed by atoms with van der Waals surface area (Å²) in [5, 5.41) is 3.81. The lowest BCUT2D eigenvalue weighted by Crippen LogP contribution is -2.22. The number of hydrogen-bond acceptors (Lipinski definition) is 6. The standard InChI is InChI=1S/C8H12N2O6S3/c1-17(11,12)6-18(13,14)10-7-2-4-8(5-3-7)19(9,15)16/h2-5,10H,6H2,1H3,(H2,9,15,16). The zero-order chi connectivity index (χ0) is 14.9. The van der Waals surface area contributed by atoms with Crippen molar-refractivity contribution in [3.63, 3.8) is 0 Å². The summed E-state index contributed by atoms with van der Waals surface area (Å²) in [4.78, 5) is -0.182. The number of sulfonamides is 2. The average molecular weight is 328 g/mol. The molecule has 108 valence electrons. The lowest BCUT2D eigenvalue weighted by Gasteiger charge is -2.07. The molecule has 0 aliphatic heterocycles. The molecule has 0 radical (unpaired) electrons. The summed E-state index contributed by atoms with van der Waals surface area (Å²) < 4.78 is 68.7. The Hall–Kier alpha value is -1.17.